The van der Waals surface area contributed by atoms with Gasteiger partial charge in [0.1, 0.15) is 17.9 Å². The van der Waals surface area contributed by atoms with E-state index in [2.05, 4.69) is 23.9 Å². The third kappa shape index (κ3) is 4.68. The molecule has 0 atom stereocenters. The Labute approximate surface area is 219 Å². The van der Waals surface area contributed by atoms with Gasteiger partial charge >= 0.3 is 0 Å². The Morgan fingerprint density at radius 3 is 2.45 bits per heavy atom. The lowest BCUT2D eigenvalue weighted by Crippen LogP contribution is -2.18. The Balaban J connectivity index is 1.70. The molecule has 0 amide bonds. The van der Waals surface area contributed by atoms with E-state index in [9.17, 15) is 9.59 Å². The number of H-pyrrole nitrogens is 1. The van der Waals surface area contributed by atoms with E-state index in [-0.39, 0.29) is 17.2 Å². The average molecular weight is 514 g/mol. The highest BCUT2D eigenvalue weighted by molar-refractivity contribution is 6.00. The van der Waals surface area contributed by atoms with Gasteiger partial charge in [-0.3, -0.25) is 14.3 Å². The summed E-state index contributed by atoms with van der Waals surface area (Å²) >= 11 is 0. The Bertz CT molecular complexity index is 1740. The number of nitrogens with zero attached hydrogens (tertiary/aromatic N) is 4. The van der Waals surface area contributed by atoms with E-state index in [1.807, 2.05) is 47.4 Å². The molecule has 9 heteroatoms. The predicted octanol–water partition coefficient (Wildman–Crippen LogP) is 4.37. The van der Waals surface area contributed by atoms with E-state index in [0.29, 0.717) is 24.5 Å². The Morgan fingerprint density at radius 1 is 0.921 bits per heavy atom. The van der Waals surface area contributed by atoms with E-state index in [0.717, 1.165) is 38.9 Å². The van der Waals surface area contributed by atoms with Crippen LogP contribution in [0.4, 0.5) is 0 Å². The van der Waals surface area contributed by atoms with Crippen LogP contribution in [-0.2, 0) is 18.8 Å². The molecule has 4 heterocycles. The highest BCUT2D eigenvalue weighted by Crippen LogP contribution is 2.37. The van der Waals surface area contributed by atoms with Crippen molar-refractivity contribution in [3.63, 3.8) is 0 Å². The lowest BCUT2D eigenvalue weighted by atomic mass is 9.95. The van der Waals surface area contributed by atoms with Gasteiger partial charge in [0.15, 0.2) is 0 Å². The van der Waals surface area contributed by atoms with Gasteiger partial charge in [0.05, 0.1) is 12.8 Å². The van der Waals surface area contributed by atoms with Crippen LogP contribution in [0.5, 0.6) is 5.75 Å². The normalized spacial score (nSPS) is 11.5. The number of nitrogens with one attached hydrogen (secondary N) is 1. The summed E-state index contributed by atoms with van der Waals surface area (Å²) in [5.41, 5.74) is 5.09. The third-order valence-corrected chi connectivity index (χ3v) is 6.63. The molecule has 0 spiro atoms. The van der Waals surface area contributed by atoms with Crippen LogP contribution in [0.15, 0.2) is 70.8 Å². The number of ether oxygens (including phenoxy) is 2. The summed E-state index contributed by atoms with van der Waals surface area (Å²) in [6.45, 7) is 5.04. The van der Waals surface area contributed by atoms with E-state index in [1.54, 1.807) is 48.8 Å². The van der Waals surface area contributed by atoms with Gasteiger partial charge in [0, 0.05) is 79.7 Å². The number of aromatic amines is 1. The second-order valence-corrected chi connectivity index (χ2v) is 9.65. The van der Waals surface area contributed by atoms with Gasteiger partial charge in [0.25, 0.3) is 11.1 Å². The molecule has 0 radical (unpaired) electrons. The van der Waals surface area contributed by atoms with Gasteiger partial charge in [-0.05, 0) is 43.2 Å². The number of fused-ring (bicyclic) bond motifs is 1. The first-order valence-electron chi connectivity index (χ1n) is 12.5. The summed E-state index contributed by atoms with van der Waals surface area (Å²) < 4.78 is 15.9. The van der Waals surface area contributed by atoms with E-state index in [4.69, 9.17) is 9.47 Å². The quantitative estimate of drug-likeness (QED) is 0.311. The highest BCUT2D eigenvalue weighted by Gasteiger charge is 2.19. The molecule has 1 N–H and O–H groups in total. The third-order valence-electron chi connectivity index (χ3n) is 6.63. The van der Waals surface area contributed by atoms with Crippen molar-refractivity contribution in [2.45, 2.75) is 19.9 Å². The number of hydrogen-bond acceptors (Lipinski definition) is 5. The van der Waals surface area contributed by atoms with E-state index >= 15 is 0 Å². The number of aryl methyl sites for hydroxylation is 2. The second kappa shape index (κ2) is 10.2. The minimum Gasteiger partial charge on any atom is -0.491 e. The van der Waals surface area contributed by atoms with Gasteiger partial charge in [-0.1, -0.05) is 12.1 Å². The van der Waals surface area contributed by atoms with Crippen LogP contribution in [0, 0.1) is 0 Å². The van der Waals surface area contributed by atoms with Crippen molar-refractivity contribution in [1.29, 1.82) is 0 Å². The average Bonchev–Trinajstić information content (AvgIpc) is 3.56. The molecule has 0 saturated carbocycles. The van der Waals surface area contributed by atoms with E-state index < -0.39 is 0 Å². The SMILES string of the molecule is COCCOc1cccc(-c2cn(C)c(=O)cc2-c2cn(C)c(=O)c3[nH]c(-c4cnn(C(C)C)c4)cc23)c1. The minimum atomic E-state index is -0.148. The number of pyridine rings is 2. The molecular weight excluding hydrogens is 482 g/mol. The van der Waals surface area contributed by atoms with Gasteiger partial charge in [-0.25, -0.2) is 0 Å². The Hall–Kier alpha value is -4.37. The lowest BCUT2D eigenvalue weighted by molar-refractivity contribution is 0.146. The molecule has 0 bridgehead atoms. The molecule has 0 aliphatic carbocycles. The first-order chi connectivity index (χ1) is 18.3. The molecular formula is C29H31N5O4. The molecule has 196 valence electrons. The summed E-state index contributed by atoms with van der Waals surface area (Å²) in [5.74, 6) is 0.705. The Kier molecular flexibility index (Phi) is 6.77. The lowest BCUT2D eigenvalue weighted by Gasteiger charge is -2.15. The zero-order valence-corrected chi connectivity index (χ0v) is 22.2. The first kappa shape index (κ1) is 25.3. The molecule has 5 rings (SSSR count). The maximum atomic E-state index is 13.1. The van der Waals surface area contributed by atoms with Crippen LogP contribution < -0.4 is 15.9 Å². The van der Waals surface area contributed by atoms with Gasteiger partial charge in [-0.15, -0.1) is 0 Å². The van der Waals surface area contributed by atoms with Crippen molar-refractivity contribution in [2.24, 2.45) is 14.1 Å². The molecule has 0 aliphatic heterocycles. The summed E-state index contributed by atoms with van der Waals surface area (Å²) in [7, 11) is 5.08. The zero-order valence-electron chi connectivity index (χ0n) is 22.2. The van der Waals surface area contributed by atoms with Crippen LogP contribution in [-0.4, -0.2) is 44.2 Å². The molecule has 0 aliphatic rings. The first-order valence-corrected chi connectivity index (χ1v) is 12.5. The predicted molar refractivity (Wildman–Crippen MR) is 149 cm³/mol. The molecule has 5 aromatic rings. The summed E-state index contributed by atoms with van der Waals surface area (Å²) in [6, 6.07) is 11.5. The number of rotatable bonds is 8. The van der Waals surface area contributed by atoms with E-state index in [1.165, 1.54) is 0 Å². The molecule has 9 nitrogen and oxygen atoms in total. The van der Waals surface area contributed by atoms with Gasteiger partial charge in [-0.2, -0.15) is 5.10 Å². The second-order valence-electron chi connectivity index (χ2n) is 9.65. The zero-order chi connectivity index (χ0) is 27.0. The molecule has 1 aromatic carbocycles. The minimum absolute atomic E-state index is 0.146. The van der Waals surface area contributed by atoms with Crippen LogP contribution in [0.1, 0.15) is 19.9 Å². The topological polar surface area (TPSA) is 96.1 Å². The fourth-order valence-corrected chi connectivity index (χ4v) is 4.54. The highest BCUT2D eigenvalue weighted by atomic mass is 16.5. The van der Waals surface area contributed by atoms with Crippen molar-refractivity contribution in [1.82, 2.24) is 23.9 Å². The fourth-order valence-electron chi connectivity index (χ4n) is 4.54. The van der Waals surface area contributed by atoms with Crippen LogP contribution in [0.3, 0.4) is 0 Å². The van der Waals surface area contributed by atoms with Crippen molar-refractivity contribution in [2.75, 3.05) is 20.3 Å². The van der Waals surface area contributed by atoms with Crippen LogP contribution >= 0.6 is 0 Å². The van der Waals surface area contributed by atoms with Crippen LogP contribution in [0.2, 0.25) is 0 Å². The number of benzene rings is 1. The van der Waals surface area contributed by atoms with Crippen molar-refractivity contribution in [3.8, 4) is 39.3 Å². The Morgan fingerprint density at radius 2 is 1.71 bits per heavy atom. The number of hydrogen-bond donors (Lipinski definition) is 1. The smallest absolute Gasteiger partial charge is 0.274 e. The largest absolute Gasteiger partial charge is 0.491 e. The summed E-state index contributed by atoms with van der Waals surface area (Å²) in [6.07, 6.45) is 7.35. The van der Waals surface area contributed by atoms with Crippen LogP contribution in [0.25, 0.3) is 44.4 Å². The fraction of sp³-hybridized carbons (Fsp3) is 0.276. The van der Waals surface area contributed by atoms with Gasteiger partial charge < -0.3 is 23.6 Å². The molecule has 38 heavy (non-hydrogen) atoms. The van der Waals surface area contributed by atoms with Gasteiger partial charge in [0.2, 0.25) is 0 Å². The molecule has 4 aromatic heterocycles. The summed E-state index contributed by atoms with van der Waals surface area (Å²) in [4.78, 5) is 29.3. The van der Waals surface area contributed by atoms with Crippen molar-refractivity contribution in [3.05, 3.63) is 81.9 Å². The number of aromatic nitrogens is 5. The maximum absolute atomic E-state index is 13.1. The van der Waals surface area contributed by atoms with Crippen molar-refractivity contribution < 1.29 is 9.47 Å². The maximum Gasteiger partial charge on any atom is 0.274 e. The molecule has 0 fully saturated rings. The standard InChI is InChI=1S/C29H31N5O4/c1-18(2)34-15-20(14-30-34)26-12-23-25(17-33(4)29(36)28(23)31-26)22-13-27(35)32(3)16-24(22)19-7-6-8-21(11-19)38-10-9-37-5/h6-8,11-18,31H,9-10H2,1-5H3. The van der Waals surface area contributed by atoms with Crippen molar-refractivity contribution >= 4 is 10.9 Å². The number of methoxy groups -OCH3 is 1. The summed E-state index contributed by atoms with van der Waals surface area (Å²) in [5, 5.41) is 5.18. The monoisotopic (exact) mass is 513 g/mol. The molecule has 0 saturated heterocycles. The molecule has 0 unspecified atom stereocenters.